The number of hydrogen-bond acceptors (Lipinski definition) is 7. The minimum absolute atomic E-state index is 0.698. The number of methoxy groups -OCH3 is 3. The van der Waals surface area contributed by atoms with Gasteiger partial charge in [-0.25, -0.2) is 9.59 Å². The average molecular weight is 356 g/mol. The second-order valence-electron chi connectivity index (χ2n) is 5.16. The number of nitrogens with zero attached hydrogens (tertiary/aromatic N) is 1. The second-order valence-corrected chi connectivity index (χ2v) is 5.16. The molecule has 0 aliphatic carbocycles. The molecule has 1 fully saturated rings. The van der Waals surface area contributed by atoms with Crippen LogP contribution in [0.5, 0.6) is 17.2 Å². The fourth-order valence-electron chi connectivity index (χ4n) is 2.33. The summed E-state index contributed by atoms with van der Waals surface area (Å²) in [5, 5.41) is 18.1. The summed E-state index contributed by atoms with van der Waals surface area (Å²) in [5.74, 6) is -1.36. The van der Waals surface area contributed by atoms with Gasteiger partial charge in [0, 0.05) is 44.4 Å². The molecule has 1 aliphatic heterocycles. The zero-order chi connectivity index (χ0) is 18.8. The van der Waals surface area contributed by atoms with E-state index in [1.807, 2.05) is 12.1 Å². The lowest BCUT2D eigenvalue weighted by atomic mass is 10.1. The van der Waals surface area contributed by atoms with E-state index in [4.69, 9.17) is 34.0 Å². The first-order valence-electron chi connectivity index (χ1n) is 7.61. The van der Waals surface area contributed by atoms with Crippen LogP contribution in [0.2, 0.25) is 0 Å². The minimum Gasteiger partial charge on any atom is -0.496 e. The first-order chi connectivity index (χ1) is 11.9. The molecule has 2 rings (SSSR count). The zero-order valence-corrected chi connectivity index (χ0v) is 14.6. The van der Waals surface area contributed by atoms with Gasteiger partial charge in [-0.3, -0.25) is 4.90 Å². The van der Waals surface area contributed by atoms with Crippen molar-refractivity contribution < 1.29 is 34.0 Å². The van der Waals surface area contributed by atoms with Crippen molar-refractivity contribution in [2.45, 2.75) is 6.54 Å². The van der Waals surface area contributed by atoms with Crippen molar-refractivity contribution in [1.29, 1.82) is 0 Å². The maximum atomic E-state index is 9.10. The molecule has 0 atom stereocenters. The molecule has 25 heavy (non-hydrogen) atoms. The molecular formula is C16H24N2O7. The fraction of sp³-hybridized carbons (Fsp3) is 0.500. The average Bonchev–Trinajstić information content (AvgIpc) is 2.62. The number of carboxylic acid groups (broad SMARTS) is 2. The van der Waals surface area contributed by atoms with E-state index in [-0.39, 0.29) is 0 Å². The van der Waals surface area contributed by atoms with Gasteiger partial charge >= 0.3 is 11.9 Å². The normalized spacial score (nSPS) is 14.0. The van der Waals surface area contributed by atoms with Crippen LogP contribution in [0.15, 0.2) is 12.1 Å². The van der Waals surface area contributed by atoms with Crippen molar-refractivity contribution in [3.05, 3.63) is 17.7 Å². The Bertz CT molecular complexity index is 574. The molecule has 0 spiro atoms. The molecule has 0 radical (unpaired) electrons. The molecule has 9 heteroatoms. The zero-order valence-electron chi connectivity index (χ0n) is 14.6. The Balaban J connectivity index is 0.000000450. The van der Waals surface area contributed by atoms with Crippen molar-refractivity contribution in [1.82, 2.24) is 10.2 Å². The van der Waals surface area contributed by atoms with Gasteiger partial charge in [-0.1, -0.05) is 0 Å². The number of carboxylic acids is 2. The Labute approximate surface area is 146 Å². The number of rotatable bonds is 5. The molecule has 140 valence electrons. The molecule has 1 aromatic rings. The van der Waals surface area contributed by atoms with Gasteiger partial charge in [0.15, 0.2) is 11.5 Å². The van der Waals surface area contributed by atoms with Crippen LogP contribution in [-0.4, -0.2) is 74.6 Å². The quantitative estimate of drug-likeness (QED) is 0.639. The van der Waals surface area contributed by atoms with Crippen molar-refractivity contribution in [2.75, 3.05) is 47.5 Å². The molecular weight excluding hydrogens is 332 g/mol. The van der Waals surface area contributed by atoms with Crippen molar-refractivity contribution >= 4 is 11.9 Å². The first kappa shape index (κ1) is 20.5. The summed E-state index contributed by atoms with van der Waals surface area (Å²) >= 11 is 0. The maximum absolute atomic E-state index is 9.10. The van der Waals surface area contributed by atoms with E-state index < -0.39 is 11.9 Å². The number of nitrogens with one attached hydrogen (secondary N) is 1. The van der Waals surface area contributed by atoms with Crippen LogP contribution in [-0.2, 0) is 16.1 Å². The minimum atomic E-state index is -1.82. The highest BCUT2D eigenvalue weighted by molar-refractivity contribution is 6.27. The molecule has 0 saturated carbocycles. The maximum Gasteiger partial charge on any atom is 0.414 e. The number of aliphatic carboxylic acids is 2. The first-order valence-corrected chi connectivity index (χ1v) is 7.61. The Kier molecular flexibility index (Phi) is 8.51. The standard InChI is InChI=1S/C14H22N2O3.C2H2O4/c1-17-12-9-14(19-3)13(18-2)8-11(12)10-16-6-4-15-5-7-16;3-1(4)2(5)6/h8-9,15H,4-7,10H2,1-3H3;(H,3,4)(H,5,6). The van der Waals surface area contributed by atoms with Gasteiger partial charge in [0.05, 0.1) is 21.3 Å². The van der Waals surface area contributed by atoms with Crippen LogP contribution >= 0.6 is 0 Å². The third-order valence-corrected chi connectivity index (χ3v) is 3.57. The summed E-state index contributed by atoms with van der Waals surface area (Å²) in [6.07, 6.45) is 0. The second kappa shape index (κ2) is 10.4. The van der Waals surface area contributed by atoms with Gasteiger partial charge in [-0.15, -0.1) is 0 Å². The van der Waals surface area contributed by atoms with E-state index in [2.05, 4.69) is 10.2 Å². The Morgan fingerprint density at radius 3 is 1.88 bits per heavy atom. The molecule has 1 aromatic carbocycles. The summed E-state index contributed by atoms with van der Waals surface area (Å²) in [4.78, 5) is 20.6. The van der Waals surface area contributed by atoms with Crippen LogP contribution in [0, 0.1) is 0 Å². The smallest absolute Gasteiger partial charge is 0.414 e. The summed E-state index contributed by atoms with van der Waals surface area (Å²) < 4.78 is 16.1. The highest BCUT2D eigenvalue weighted by atomic mass is 16.5. The number of carbonyl (C=O) groups is 2. The predicted octanol–water partition coefficient (Wildman–Crippen LogP) is 0.273. The van der Waals surface area contributed by atoms with Crippen molar-refractivity contribution in [2.24, 2.45) is 0 Å². The van der Waals surface area contributed by atoms with Gasteiger partial charge in [0.25, 0.3) is 0 Å². The lowest BCUT2D eigenvalue weighted by molar-refractivity contribution is -0.159. The third-order valence-electron chi connectivity index (χ3n) is 3.57. The molecule has 1 saturated heterocycles. The molecule has 0 amide bonds. The molecule has 9 nitrogen and oxygen atoms in total. The summed E-state index contributed by atoms with van der Waals surface area (Å²) in [6, 6.07) is 3.88. The predicted molar refractivity (Wildman–Crippen MR) is 89.5 cm³/mol. The highest BCUT2D eigenvalue weighted by Crippen LogP contribution is 2.35. The van der Waals surface area contributed by atoms with E-state index in [9.17, 15) is 0 Å². The van der Waals surface area contributed by atoms with Crippen molar-refractivity contribution in [3.8, 4) is 17.2 Å². The van der Waals surface area contributed by atoms with Crippen LogP contribution in [0.4, 0.5) is 0 Å². The largest absolute Gasteiger partial charge is 0.496 e. The van der Waals surface area contributed by atoms with Crippen LogP contribution in [0.25, 0.3) is 0 Å². The van der Waals surface area contributed by atoms with E-state index in [1.54, 1.807) is 21.3 Å². The summed E-state index contributed by atoms with van der Waals surface area (Å²) in [7, 11) is 4.97. The topological polar surface area (TPSA) is 118 Å². The van der Waals surface area contributed by atoms with E-state index >= 15 is 0 Å². The number of hydrogen-bond donors (Lipinski definition) is 3. The lowest BCUT2D eigenvalue weighted by Gasteiger charge is -2.28. The van der Waals surface area contributed by atoms with Gasteiger partial charge in [0.2, 0.25) is 0 Å². The summed E-state index contributed by atoms with van der Waals surface area (Å²) in [6.45, 7) is 5.05. The van der Waals surface area contributed by atoms with E-state index in [0.29, 0.717) is 5.75 Å². The Hall–Kier alpha value is -2.52. The molecule has 1 heterocycles. The summed E-state index contributed by atoms with van der Waals surface area (Å²) in [5.41, 5.74) is 1.13. The SMILES string of the molecule is COc1cc(OC)c(OC)cc1CN1CCNCC1.O=C(O)C(=O)O. The monoisotopic (exact) mass is 356 g/mol. The highest BCUT2D eigenvalue weighted by Gasteiger charge is 2.16. The third kappa shape index (κ3) is 6.48. The van der Waals surface area contributed by atoms with Crippen molar-refractivity contribution in [3.63, 3.8) is 0 Å². The van der Waals surface area contributed by atoms with Crippen LogP contribution in [0.1, 0.15) is 5.56 Å². The molecule has 3 N–H and O–H groups in total. The van der Waals surface area contributed by atoms with Crippen LogP contribution in [0.3, 0.4) is 0 Å². The number of piperazine rings is 1. The van der Waals surface area contributed by atoms with E-state index in [0.717, 1.165) is 49.8 Å². The van der Waals surface area contributed by atoms with Gasteiger partial charge < -0.3 is 29.7 Å². The molecule has 0 aromatic heterocycles. The molecule has 0 bridgehead atoms. The van der Waals surface area contributed by atoms with E-state index in [1.165, 1.54) is 0 Å². The number of benzene rings is 1. The van der Waals surface area contributed by atoms with Crippen LogP contribution < -0.4 is 19.5 Å². The fourth-order valence-corrected chi connectivity index (χ4v) is 2.33. The van der Waals surface area contributed by atoms with Gasteiger partial charge in [-0.05, 0) is 6.07 Å². The molecule has 1 aliphatic rings. The van der Waals surface area contributed by atoms with Gasteiger partial charge in [0.1, 0.15) is 5.75 Å². The molecule has 0 unspecified atom stereocenters. The Morgan fingerprint density at radius 1 is 0.960 bits per heavy atom. The Morgan fingerprint density at radius 2 is 1.44 bits per heavy atom. The lowest BCUT2D eigenvalue weighted by Crippen LogP contribution is -2.42. The number of ether oxygens (including phenoxy) is 3. The van der Waals surface area contributed by atoms with Gasteiger partial charge in [-0.2, -0.15) is 0 Å².